The molecule has 0 radical (unpaired) electrons. The van der Waals surface area contributed by atoms with Gasteiger partial charge in [0.1, 0.15) is 12.2 Å². The van der Waals surface area contributed by atoms with Crippen molar-refractivity contribution >= 4 is 23.7 Å². The molecule has 19 heteroatoms. The summed E-state index contributed by atoms with van der Waals surface area (Å²) in [6, 6.07) is 3.98. The average Bonchev–Trinajstić information content (AvgIpc) is 3.08. The molecule has 4 rings (SSSR count). The van der Waals surface area contributed by atoms with Gasteiger partial charge in [-0.25, -0.2) is 14.8 Å². The molecule has 0 bridgehead atoms. The molecule has 0 saturated carbocycles. The van der Waals surface area contributed by atoms with E-state index in [-0.39, 0.29) is 80.0 Å². The van der Waals surface area contributed by atoms with Gasteiger partial charge in [-0.05, 0) is 87.6 Å². The maximum absolute atomic E-state index is 14.0. The lowest BCUT2D eigenvalue weighted by Crippen LogP contribution is -2.46. The zero-order valence-corrected chi connectivity index (χ0v) is 30.6. The minimum atomic E-state index is -5.12. The molecule has 0 spiro atoms. The third kappa shape index (κ3) is 11.6. The van der Waals surface area contributed by atoms with Crippen molar-refractivity contribution in [3.63, 3.8) is 0 Å². The first-order valence-electron chi connectivity index (χ1n) is 17.3. The van der Waals surface area contributed by atoms with Crippen molar-refractivity contribution in [3.05, 3.63) is 76.1 Å². The van der Waals surface area contributed by atoms with Crippen LogP contribution in [0.3, 0.4) is 0 Å². The number of amides is 1. The molecule has 0 unspecified atom stereocenters. The van der Waals surface area contributed by atoms with E-state index in [0.29, 0.717) is 12.1 Å². The molecule has 3 aromatic rings. The van der Waals surface area contributed by atoms with Crippen LogP contribution < -0.4 is 15.0 Å². The number of carbonyl (C=O) groups is 2. The van der Waals surface area contributed by atoms with E-state index in [1.54, 1.807) is 27.7 Å². The van der Waals surface area contributed by atoms with Crippen LogP contribution in [0.2, 0.25) is 0 Å². The van der Waals surface area contributed by atoms with Crippen molar-refractivity contribution < 1.29 is 63.3 Å². The maximum Gasteiger partial charge on any atom is 0.416 e. The minimum absolute atomic E-state index is 0.0181. The zero-order chi connectivity index (χ0) is 41.6. The number of nitrogens with one attached hydrogen (secondary N) is 1. The van der Waals surface area contributed by atoms with Crippen molar-refractivity contribution in [3.8, 4) is 11.8 Å². The molecular formula is C37H38F9N5O5. The van der Waals surface area contributed by atoms with Crippen LogP contribution in [0, 0.1) is 11.3 Å². The van der Waals surface area contributed by atoms with Crippen LogP contribution >= 0.6 is 0 Å². The van der Waals surface area contributed by atoms with E-state index in [4.69, 9.17) is 19.5 Å². The summed E-state index contributed by atoms with van der Waals surface area (Å²) in [6.07, 6.45) is -15.2. The molecule has 0 aliphatic carbocycles. The van der Waals surface area contributed by atoms with Gasteiger partial charge in [-0.2, -0.15) is 44.8 Å². The highest BCUT2D eigenvalue weighted by molar-refractivity contribution is 5.90. The Morgan fingerprint density at radius 2 is 1.57 bits per heavy atom. The number of nitrogens with zero attached hydrogens (tertiary/aromatic N) is 4. The second-order valence-electron chi connectivity index (χ2n) is 13.8. The predicted molar refractivity (Wildman–Crippen MR) is 182 cm³/mol. The van der Waals surface area contributed by atoms with Crippen LogP contribution in [0.1, 0.15) is 99.4 Å². The molecule has 10 nitrogen and oxygen atoms in total. The standard InChI is InChI=1S/C37H38F9N5O5/c1-5-25-19-27(26-18-22(35(38,39)40)8-9-29(26)51(25)33(53)55-13-10-31(52)56-34(2,3)4)49-32-48-20-30(54-12-7-6-11-47)28(50-32)16-21-14-23(36(41,42)43)17-24(15-21)37(44,45)46/h8-9,14-15,17-18,20,25,27H,5-7,10,12-13,16,19H2,1-4H3,(H,48,49,50)/t25-,27+/m1/s1. The highest BCUT2D eigenvalue weighted by Gasteiger charge is 2.40. The molecule has 1 amide bonds. The van der Waals surface area contributed by atoms with Gasteiger partial charge in [-0.1, -0.05) is 6.92 Å². The van der Waals surface area contributed by atoms with Crippen molar-refractivity contribution in [1.29, 1.82) is 5.26 Å². The Morgan fingerprint density at radius 1 is 0.929 bits per heavy atom. The molecule has 0 saturated heterocycles. The molecule has 1 aliphatic rings. The Bertz CT molecular complexity index is 1890. The van der Waals surface area contributed by atoms with E-state index < -0.39 is 77.0 Å². The average molecular weight is 804 g/mol. The highest BCUT2D eigenvalue weighted by atomic mass is 19.4. The normalized spacial score (nSPS) is 16.1. The van der Waals surface area contributed by atoms with E-state index in [9.17, 15) is 49.1 Å². The number of unbranched alkanes of at least 4 members (excludes halogenated alkanes) is 1. The summed E-state index contributed by atoms with van der Waals surface area (Å²) in [5.41, 5.74) is -5.52. The number of hydrogen-bond donors (Lipinski definition) is 1. The molecule has 0 fully saturated rings. The van der Waals surface area contributed by atoms with Gasteiger partial charge >= 0.3 is 30.6 Å². The van der Waals surface area contributed by atoms with E-state index >= 15 is 0 Å². The fraction of sp³-hybridized carbons (Fsp3) is 0.486. The first-order valence-corrected chi connectivity index (χ1v) is 17.3. The fourth-order valence-corrected chi connectivity index (χ4v) is 5.87. The van der Waals surface area contributed by atoms with Crippen molar-refractivity contribution in [2.45, 2.75) is 102 Å². The van der Waals surface area contributed by atoms with Crippen LogP contribution in [-0.4, -0.2) is 46.9 Å². The number of halogens is 9. The molecule has 304 valence electrons. The van der Waals surface area contributed by atoms with Crippen LogP contribution in [0.15, 0.2) is 42.6 Å². The number of esters is 1. The van der Waals surface area contributed by atoms with Gasteiger partial charge in [-0.3, -0.25) is 9.69 Å². The summed E-state index contributed by atoms with van der Waals surface area (Å²) < 4.78 is 140. The number of carbonyl (C=O) groups excluding carboxylic acids is 2. The van der Waals surface area contributed by atoms with E-state index in [0.717, 1.165) is 24.4 Å². The third-order valence-electron chi connectivity index (χ3n) is 8.32. The summed E-state index contributed by atoms with van der Waals surface area (Å²) in [7, 11) is 0. The second-order valence-corrected chi connectivity index (χ2v) is 13.8. The Hall–Kier alpha value is -5.28. The van der Waals surface area contributed by atoms with Crippen molar-refractivity contribution in [1.82, 2.24) is 9.97 Å². The molecule has 56 heavy (non-hydrogen) atoms. The van der Waals surface area contributed by atoms with Crippen LogP contribution in [0.5, 0.6) is 5.75 Å². The molecule has 1 aliphatic heterocycles. The summed E-state index contributed by atoms with van der Waals surface area (Å²) >= 11 is 0. The smallest absolute Gasteiger partial charge is 0.416 e. The predicted octanol–water partition coefficient (Wildman–Crippen LogP) is 9.82. The number of anilines is 2. The highest BCUT2D eigenvalue weighted by Crippen LogP contribution is 2.43. The van der Waals surface area contributed by atoms with E-state index in [1.807, 2.05) is 6.07 Å². The Balaban J connectivity index is 1.72. The summed E-state index contributed by atoms with van der Waals surface area (Å²) in [5.74, 6) is -1.01. The second kappa shape index (κ2) is 17.2. The molecule has 2 heterocycles. The van der Waals surface area contributed by atoms with E-state index in [2.05, 4.69) is 15.3 Å². The van der Waals surface area contributed by atoms with Gasteiger partial charge in [0.15, 0.2) is 5.75 Å². The fourth-order valence-electron chi connectivity index (χ4n) is 5.87. The van der Waals surface area contributed by atoms with Gasteiger partial charge in [-0.15, -0.1) is 0 Å². The quantitative estimate of drug-likeness (QED) is 0.108. The number of ether oxygens (including phenoxy) is 3. The lowest BCUT2D eigenvalue weighted by Gasteiger charge is -2.40. The number of fused-ring (bicyclic) bond motifs is 1. The number of nitriles is 1. The van der Waals surface area contributed by atoms with Gasteiger partial charge in [0.05, 0.1) is 59.4 Å². The summed E-state index contributed by atoms with van der Waals surface area (Å²) in [5, 5.41) is 11.8. The van der Waals surface area contributed by atoms with Crippen LogP contribution in [0.4, 0.5) is 55.9 Å². The molecule has 2 aromatic carbocycles. The zero-order valence-electron chi connectivity index (χ0n) is 30.6. The third-order valence-corrected chi connectivity index (χ3v) is 8.32. The Labute approximate surface area is 315 Å². The molecular weight excluding hydrogens is 765 g/mol. The molecule has 2 atom stereocenters. The number of hydrogen-bond acceptors (Lipinski definition) is 9. The number of aromatic nitrogens is 2. The lowest BCUT2D eigenvalue weighted by atomic mass is 9.89. The Morgan fingerprint density at radius 3 is 2.14 bits per heavy atom. The van der Waals surface area contributed by atoms with Gasteiger partial charge < -0.3 is 19.5 Å². The van der Waals surface area contributed by atoms with Crippen molar-refractivity contribution in [2.75, 3.05) is 23.4 Å². The van der Waals surface area contributed by atoms with Gasteiger partial charge in [0.2, 0.25) is 5.95 Å². The minimum Gasteiger partial charge on any atom is -0.490 e. The Kier molecular flexibility index (Phi) is 13.4. The topological polar surface area (TPSA) is 127 Å². The molecule has 1 aromatic heterocycles. The van der Waals surface area contributed by atoms with Gasteiger partial charge in [0.25, 0.3) is 0 Å². The summed E-state index contributed by atoms with van der Waals surface area (Å²) in [4.78, 5) is 35.3. The monoisotopic (exact) mass is 803 g/mol. The van der Waals surface area contributed by atoms with Crippen molar-refractivity contribution in [2.24, 2.45) is 0 Å². The van der Waals surface area contributed by atoms with E-state index in [1.165, 1.54) is 4.90 Å². The largest absolute Gasteiger partial charge is 0.490 e. The SMILES string of the molecule is CC[C@@H]1C[C@H](Nc2ncc(OCCCC#N)c(Cc3cc(C(F)(F)F)cc(C(F)(F)F)c3)n2)c2cc(C(F)(F)F)ccc2N1C(=O)OCCC(=O)OC(C)(C)C. The lowest BCUT2D eigenvalue weighted by molar-refractivity contribution is -0.155. The first kappa shape index (κ1) is 43.4. The number of rotatable bonds is 12. The van der Waals surface area contributed by atoms with Crippen LogP contribution in [-0.2, 0) is 39.2 Å². The molecule has 1 N–H and O–H groups in total. The maximum atomic E-state index is 14.0. The van der Waals surface area contributed by atoms with Crippen LogP contribution in [0.25, 0.3) is 0 Å². The number of alkyl halides is 9. The first-order chi connectivity index (χ1) is 26.0. The summed E-state index contributed by atoms with van der Waals surface area (Å²) in [6.45, 7) is 6.23. The van der Waals surface area contributed by atoms with Gasteiger partial charge in [0, 0.05) is 18.9 Å². The number of benzene rings is 2.